The predicted molar refractivity (Wildman–Crippen MR) is 138 cm³/mol. The van der Waals surface area contributed by atoms with E-state index in [0.717, 1.165) is 54.0 Å². The number of benzene rings is 2. The molecule has 192 valence electrons. The van der Waals surface area contributed by atoms with Crippen LogP contribution in [0.4, 0.5) is 8.78 Å². The largest absolute Gasteiger partial charge is 0.441 e. The molecule has 6 heteroatoms. The fourth-order valence-corrected chi connectivity index (χ4v) is 5.49. The van der Waals surface area contributed by atoms with Crippen molar-refractivity contribution in [3.63, 3.8) is 0 Å². The van der Waals surface area contributed by atoms with E-state index >= 15 is 0 Å². The molecule has 1 N–H and O–H groups in total. The van der Waals surface area contributed by atoms with Gasteiger partial charge in [-0.3, -0.25) is 0 Å². The Morgan fingerprint density at radius 3 is 2.19 bits per heavy atom. The van der Waals surface area contributed by atoms with E-state index in [-0.39, 0.29) is 11.6 Å². The van der Waals surface area contributed by atoms with Crippen LogP contribution in [0.15, 0.2) is 58.1 Å². The quantitative estimate of drug-likeness (QED) is 0.219. The first-order valence-corrected chi connectivity index (χ1v) is 13.2. The van der Waals surface area contributed by atoms with Gasteiger partial charge in [-0.1, -0.05) is 67.9 Å². The molecule has 36 heavy (non-hydrogen) atoms. The smallest absolute Gasteiger partial charge is 0.192 e. The van der Waals surface area contributed by atoms with Crippen LogP contribution < -0.4 is 0 Å². The summed E-state index contributed by atoms with van der Waals surface area (Å²) >= 11 is 0. The minimum atomic E-state index is -0.235. The van der Waals surface area contributed by atoms with Gasteiger partial charge in [-0.15, -0.1) is 0 Å². The van der Waals surface area contributed by atoms with Crippen LogP contribution >= 0.6 is 0 Å². The maximum absolute atomic E-state index is 13.4. The molecule has 2 aliphatic carbocycles. The van der Waals surface area contributed by atoms with E-state index in [4.69, 9.17) is 9.62 Å². The first-order valence-electron chi connectivity index (χ1n) is 13.2. The summed E-state index contributed by atoms with van der Waals surface area (Å²) in [6.45, 7) is 1.86. The van der Waals surface area contributed by atoms with Gasteiger partial charge in [0.15, 0.2) is 11.7 Å². The van der Waals surface area contributed by atoms with E-state index in [1.54, 1.807) is 12.1 Å². The zero-order chi connectivity index (χ0) is 25.3. The van der Waals surface area contributed by atoms with Crippen molar-refractivity contribution in [3.8, 4) is 11.3 Å². The summed E-state index contributed by atoms with van der Waals surface area (Å²) in [6, 6.07) is 13.1. The van der Waals surface area contributed by atoms with Crippen LogP contribution in [0.2, 0.25) is 0 Å². The van der Waals surface area contributed by atoms with Crippen LogP contribution in [0.1, 0.15) is 87.3 Å². The Morgan fingerprint density at radius 1 is 0.917 bits per heavy atom. The van der Waals surface area contributed by atoms with Crippen LogP contribution in [-0.2, 0) is 6.42 Å². The summed E-state index contributed by atoms with van der Waals surface area (Å²) in [5, 5.41) is 12.5. The molecule has 2 aliphatic rings. The van der Waals surface area contributed by atoms with Crippen molar-refractivity contribution in [3.05, 3.63) is 77.3 Å². The van der Waals surface area contributed by atoms with Gasteiger partial charge in [-0.25, -0.2) is 13.8 Å². The van der Waals surface area contributed by atoms with Crippen molar-refractivity contribution in [2.75, 3.05) is 0 Å². The third-order valence-electron chi connectivity index (χ3n) is 7.32. The van der Waals surface area contributed by atoms with Crippen LogP contribution in [-0.4, -0.2) is 15.9 Å². The fraction of sp³-hybridized carbons (Fsp3) is 0.467. The van der Waals surface area contributed by atoms with E-state index in [0.29, 0.717) is 24.1 Å². The molecule has 0 amide bonds. The maximum Gasteiger partial charge on any atom is 0.192 e. The molecule has 2 saturated carbocycles. The molecular weight excluding hydrogens is 458 g/mol. The van der Waals surface area contributed by atoms with Gasteiger partial charge >= 0.3 is 0 Å². The van der Waals surface area contributed by atoms with Gasteiger partial charge in [0.25, 0.3) is 0 Å². The first kappa shape index (κ1) is 26.1. The van der Waals surface area contributed by atoms with Gasteiger partial charge in [0.1, 0.15) is 11.6 Å². The standard InChI is InChI=1S/C16H18FNO.C14H18FNO/c1-11-18-15(12-6-3-2-4-7-12)16(19-11)13-8-5-9-14(17)10-13;15-13-8-4-5-11(9-13)10-14(16-17)12-6-2-1-3-7-12/h5,8-10,12H,2-4,6-7H2,1H3;4-5,8-9,12,17H,1-3,6-7,10H2/b;16-14+. The van der Waals surface area contributed by atoms with E-state index in [1.165, 1.54) is 62.8 Å². The SMILES string of the molecule is Cc1nc(C2CCCCC2)c(-c2cccc(F)c2)o1.O/N=C(\Cc1cccc(F)c1)C1CCCCC1. The highest BCUT2D eigenvalue weighted by atomic mass is 19.1. The molecular formula is C30H36F2N2O2. The lowest BCUT2D eigenvalue weighted by molar-refractivity contribution is 0.308. The second-order valence-electron chi connectivity index (χ2n) is 10.0. The topological polar surface area (TPSA) is 58.6 Å². The number of hydrogen-bond acceptors (Lipinski definition) is 4. The van der Waals surface area contributed by atoms with Crippen LogP contribution in [0, 0.1) is 24.5 Å². The Balaban J connectivity index is 0.000000170. The lowest BCUT2D eigenvalue weighted by atomic mass is 9.84. The third kappa shape index (κ3) is 7.02. The van der Waals surface area contributed by atoms with Crippen molar-refractivity contribution >= 4 is 5.71 Å². The lowest BCUT2D eigenvalue weighted by Crippen LogP contribution is -2.20. The molecule has 3 aromatic rings. The van der Waals surface area contributed by atoms with Crippen molar-refractivity contribution in [1.82, 2.24) is 4.98 Å². The number of hydrogen-bond donors (Lipinski definition) is 1. The monoisotopic (exact) mass is 494 g/mol. The number of rotatable bonds is 5. The Hall–Kier alpha value is -3.02. The molecule has 5 rings (SSSR count). The number of aryl methyl sites for hydroxylation is 1. The number of nitrogens with zero attached hydrogens (tertiary/aromatic N) is 2. The van der Waals surface area contributed by atoms with Gasteiger partial charge in [-0.2, -0.15) is 0 Å². The molecule has 0 bridgehead atoms. The minimum absolute atomic E-state index is 0.233. The highest BCUT2D eigenvalue weighted by molar-refractivity contribution is 5.88. The number of oxime groups is 1. The molecule has 0 spiro atoms. The van der Waals surface area contributed by atoms with Crippen molar-refractivity contribution in [2.24, 2.45) is 11.1 Å². The average Bonchev–Trinajstić information content (AvgIpc) is 3.30. The second-order valence-corrected chi connectivity index (χ2v) is 10.0. The van der Waals surface area contributed by atoms with E-state index in [2.05, 4.69) is 10.1 Å². The zero-order valence-electron chi connectivity index (χ0n) is 21.1. The normalized spacial score (nSPS) is 17.5. The molecule has 2 fully saturated rings. The maximum atomic E-state index is 13.4. The first-order chi connectivity index (χ1) is 17.5. The molecule has 0 unspecified atom stereocenters. The number of aromatic nitrogens is 1. The molecule has 0 saturated heterocycles. The third-order valence-corrected chi connectivity index (χ3v) is 7.32. The summed E-state index contributed by atoms with van der Waals surface area (Å²) < 4.78 is 32.2. The summed E-state index contributed by atoms with van der Waals surface area (Å²) in [5.41, 5.74) is 3.49. The summed E-state index contributed by atoms with van der Waals surface area (Å²) in [4.78, 5) is 4.55. The molecule has 1 heterocycles. The van der Waals surface area contributed by atoms with Crippen molar-refractivity contribution in [1.29, 1.82) is 0 Å². The van der Waals surface area contributed by atoms with Crippen LogP contribution in [0.5, 0.6) is 0 Å². The van der Waals surface area contributed by atoms with Crippen molar-refractivity contribution < 1.29 is 18.4 Å². The molecule has 4 nitrogen and oxygen atoms in total. The van der Waals surface area contributed by atoms with Gasteiger partial charge in [0.05, 0.1) is 11.4 Å². The minimum Gasteiger partial charge on any atom is -0.441 e. The molecule has 0 radical (unpaired) electrons. The van der Waals surface area contributed by atoms with Crippen molar-refractivity contribution in [2.45, 2.75) is 83.5 Å². The van der Waals surface area contributed by atoms with Crippen LogP contribution in [0.25, 0.3) is 11.3 Å². The van der Waals surface area contributed by atoms with Gasteiger partial charge < -0.3 is 9.62 Å². The summed E-state index contributed by atoms with van der Waals surface area (Å²) in [6.07, 6.45) is 12.5. The number of halogens is 2. The van der Waals surface area contributed by atoms with E-state index in [9.17, 15) is 8.78 Å². The molecule has 2 aromatic carbocycles. The Kier molecular flexibility index (Phi) is 9.26. The highest BCUT2D eigenvalue weighted by Crippen LogP contribution is 2.38. The second kappa shape index (κ2) is 12.8. The highest BCUT2D eigenvalue weighted by Gasteiger charge is 2.24. The number of oxazole rings is 1. The summed E-state index contributed by atoms with van der Waals surface area (Å²) in [5.74, 6) is 1.79. The molecule has 0 atom stereocenters. The van der Waals surface area contributed by atoms with E-state index in [1.807, 2.05) is 19.1 Å². The Morgan fingerprint density at radius 2 is 1.56 bits per heavy atom. The lowest BCUT2D eigenvalue weighted by Gasteiger charge is -2.22. The van der Waals surface area contributed by atoms with Crippen LogP contribution in [0.3, 0.4) is 0 Å². The van der Waals surface area contributed by atoms with Gasteiger partial charge in [0, 0.05) is 30.7 Å². The zero-order valence-corrected chi connectivity index (χ0v) is 21.1. The predicted octanol–water partition coefficient (Wildman–Crippen LogP) is 8.62. The van der Waals surface area contributed by atoms with Gasteiger partial charge in [0.2, 0.25) is 0 Å². The van der Waals surface area contributed by atoms with E-state index < -0.39 is 0 Å². The Labute approximate surface area is 212 Å². The molecule has 0 aliphatic heterocycles. The van der Waals surface area contributed by atoms with Gasteiger partial charge in [-0.05, 0) is 55.5 Å². The Bertz CT molecular complexity index is 1150. The fourth-order valence-electron chi connectivity index (χ4n) is 5.49. The average molecular weight is 495 g/mol. The molecule has 1 aromatic heterocycles. The summed E-state index contributed by atoms with van der Waals surface area (Å²) in [7, 11) is 0.